The van der Waals surface area contributed by atoms with Crippen molar-refractivity contribution >= 4 is 27.5 Å². The molecule has 1 rings (SSSR count). The summed E-state index contributed by atoms with van der Waals surface area (Å²) in [6, 6.07) is 0. The zero-order valence-electron chi connectivity index (χ0n) is 7.46. The Hall–Kier alpha value is -0.0600. The fourth-order valence-corrected chi connectivity index (χ4v) is 1.61. The molecule has 0 aliphatic rings. The Bertz CT molecular complexity index is 265. The van der Waals surface area contributed by atoms with E-state index in [1.54, 1.807) is 0 Å². The third kappa shape index (κ3) is 3.29. The van der Waals surface area contributed by atoms with Crippen LogP contribution in [0.3, 0.4) is 0 Å². The standard InChI is InChI=1S/C8H12BrClN2O/c1-2-3-13-6-12-5-7(9)11-8(12)4-10/h5H,2-4,6H2,1H3. The molecular formula is C8H12BrClN2O. The molecule has 0 atom stereocenters. The van der Waals surface area contributed by atoms with Crippen molar-refractivity contribution in [2.45, 2.75) is 26.0 Å². The number of aromatic nitrogens is 2. The molecule has 0 unspecified atom stereocenters. The molecule has 1 heterocycles. The van der Waals surface area contributed by atoms with E-state index in [0.29, 0.717) is 12.6 Å². The number of alkyl halides is 1. The Morgan fingerprint density at radius 1 is 1.69 bits per heavy atom. The van der Waals surface area contributed by atoms with Gasteiger partial charge in [0.1, 0.15) is 17.2 Å². The van der Waals surface area contributed by atoms with E-state index in [1.165, 1.54) is 0 Å². The number of nitrogens with zero attached hydrogens (tertiary/aromatic N) is 2. The molecule has 74 valence electrons. The second kappa shape index (κ2) is 5.62. The van der Waals surface area contributed by atoms with Crippen molar-refractivity contribution in [3.05, 3.63) is 16.6 Å². The second-order valence-electron chi connectivity index (χ2n) is 2.62. The van der Waals surface area contributed by atoms with Gasteiger partial charge in [-0.2, -0.15) is 0 Å². The third-order valence-corrected chi connectivity index (χ3v) is 2.15. The zero-order chi connectivity index (χ0) is 9.68. The summed E-state index contributed by atoms with van der Waals surface area (Å²) >= 11 is 8.99. The molecule has 5 heteroatoms. The fraction of sp³-hybridized carbons (Fsp3) is 0.625. The van der Waals surface area contributed by atoms with Crippen LogP contribution in [-0.4, -0.2) is 16.2 Å². The van der Waals surface area contributed by atoms with E-state index >= 15 is 0 Å². The second-order valence-corrected chi connectivity index (χ2v) is 3.70. The van der Waals surface area contributed by atoms with E-state index in [4.69, 9.17) is 16.3 Å². The van der Waals surface area contributed by atoms with Crippen LogP contribution in [0.1, 0.15) is 19.2 Å². The van der Waals surface area contributed by atoms with E-state index in [9.17, 15) is 0 Å². The Morgan fingerprint density at radius 2 is 2.46 bits per heavy atom. The lowest BCUT2D eigenvalue weighted by molar-refractivity contribution is 0.0760. The molecule has 0 fully saturated rings. The Balaban J connectivity index is 2.53. The van der Waals surface area contributed by atoms with Gasteiger partial charge in [-0.1, -0.05) is 6.92 Å². The topological polar surface area (TPSA) is 27.1 Å². The number of hydrogen-bond donors (Lipinski definition) is 0. The highest BCUT2D eigenvalue weighted by Crippen LogP contribution is 2.11. The number of imidazole rings is 1. The molecule has 0 aliphatic heterocycles. The van der Waals surface area contributed by atoms with Crippen molar-refractivity contribution in [3.8, 4) is 0 Å². The maximum atomic E-state index is 5.70. The van der Waals surface area contributed by atoms with Gasteiger partial charge in [-0.3, -0.25) is 0 Å². The van der Waals surface area contributed by atoms with Gasteiger partial charge in [0.2, 0.25) is 0 Å². The first-order valence-corrected chi connectivity index (χ1v) is 5.46. The smallest absolute Gasteiger partial charge is 0.126 e. The molecular weight excluding hydrogens is 255 g/mol. The maximum absolute atomic E-state index is 5.70. The van der Waals surface area contributed by atoms with Gasteiger partial charge in [-0.15, -0.1) is 11.6 Å². The van der Waals surface area contributed by atoms with Gasteiger partial charge < -0.3 is 9.30 Å². The van der Waals surface area contributed by atoms with Crippen LogP contribution >= 0.6 is 27.5 Å². The molecule has 0 amide bonds. The first kappa shape index (κ1) is 11.0. The average Bonchev–Trinajstić information content (AvgIpc) is 2.47. The largest absolute Gasteiger partial charge is 0.361 e. The summed E-state index contributed by atoms with van der Waals surface area (Å²) in [5.74, 6) is 1.23. The van der Waals surface area contributed by atoms with Gasteiger partial charge in [-0.25, -0.2) is 4.98 Å². The summed E-state index contributed by atoms with van der Waals surface area (Å²) in [5.41, 5.74) is 0. The third-order valence-electron chi connectivity index (χ3n) is 1.53. The van der Waals surface area contributed by atoms with E-state index < -0.39 is 0 Å². The molecule has 0 saturated heterocycles. The molecule has 1 aromatic rings. The first-order chi connectivity index (χ1) is 6.27. The lowest BCUT2D eigenvalue weighted by Crippen LogP contribution is -2.05. The van der Waals surface area contributed by atoms with Gasteiger partial charge in [0.15, 0.2) is 0 Å². The first-order valence-electron chi connectivity index (χ1n) is 4.13. The van der Waals surface area contributed by atoms with Crippen LogP contribution in [0.5, 0.6) is 0 Å². The molecule has 0 radical (unpaired) electrons. The molecule has 0 saturated carbocycles. The van der Waals surface area contributed by atoms with Crippen LogP contribution < -0.4 is 0 Å². The predicted molar refractivity (Wildman–Crippen MR) is 55.7 cm³/mol. The number of hydrogen-bond acceptors (Lipinski definition) is 2. The van der Waals surface area contributed by atoms with Gasteiger partial charge in [-0.05, 0) is 22.4 Å². The van der Waals surface area contributed by atoms with E-state index in [2.05, 4.69) is 27.8 Å². The summed E-state index contributed by atoms with van der Waals surface area (Å²) in [6.07, 6.45) is 2.89. The lowest BCUT2D eigenvalue weighted by atomic mass is 10.5. The molecule has 0 aliphatic carbocycles. The Labute approximate surface area is 91.2 Å². The average molecular weight is 268 g/mol. The van der Waals surface area contributed by atoms with E-state index in [-0.39, 0.29) is 0 Å². The minimum atomic E-state index is 0.404. The lowest BCUT2D eigenvalue weighted by Gasteiger charge is -2.05. The molecule has 0 bridgehead atoms. The van der Waals surface area contributed by atoms with E-state index in [0.717, 1.165) is 23.5 Å². The normalized spacial score (nSPS) is 10.7. The van der Waals surface area contributed by atoms with E-state index in [1.807, 2.05) is 10.8 Å². The molecule has 0 aromatic carbocycles. The highest BCUT2D eigenvalue weighted by atomic mass is 79.9. The summed E-state index contributed by atoms with van der Waals surface area (Å²) in [4.78, 5) is 4.18. The number of ether oxygens (including phenoxy) is 1. The van der Waals surface area contributed by atoms with Crippen molar-refractivity contribution in [1.29, 1.82) is 0 Å². The Kier molecular flexibility index (Phi) is 4.77. The van der Waals surface area contributed by atoms with Crippen molar-refractivity contribution in [2.24, 2.45) is 0 Å². The van der Waals surface area contributed by atoms with Crippen molar-refractivity contribution in [3.63, 3.8) is 0 Å². The predicted octanol–water partition coefficient (Wildman–Crippen LogP) is 2.77. The van der Waals surface area contributed by atoms with Crippen LogP contribution in [0.25, 0.3) is 0 Å². The monoisotopic (exact) mass is 266 g/mol. The minimum absolute atomic E-state index is 0.404. The molecule has 0 N–H and O–H groups in total. The molecule has 0 spiro atoms. The summed E-state index contributed by atoms with van der Waals surface area (Å²) < 4.78 is 8.06. The fourth-order valence-electron chi connectivity index (χ4n) is 0.945. The molecule has 13 heavy (non-hydrogen) atoms. The number of halogens is 2. The van der Waals surface area contributed by atoms with Gasteiger partial charge in [0, 0.05) is 12.8 Å². The Morgan fingerprint density at radius 3 is 3.08 bits per heavy atom. The van der Waals surface area contributed by atoms with Gasteiger partial charge in [0.05, 0.1) is 5.88 Å². The highest BCUT2D eigenvalue weighted by Gasteiger charge is 2.03. The van der Waals surface area contributed by atoms with Crippen LogP contribution in [0.15, 0.2) is 10.8 Å². The van der Waals surface area contributed by atoms with Gasteiger partial charge >= 0.3 is 0 Å². The minimum Gasteiger partial charge on any atom is -0.361 e. The summed E-state index contributed by atoms with van der Waals surface area (Å²) in [6.45, 7) is 3.36. The number of rotatable bonds is 5. The molecule has 3 nitrogen and oxygen atoms in total. The SMILES string of the molecule is CCCOCn1cc(Br)nc1CCl. The zero-order valence-corrected chi connectivity index (χ0v) is 9.81. The maximum Gasteiger partial charge on any atom is 0.126 e. The van der Waals surface area contributed by atoms with Gasteiger partial charge in [0.25, 0.3) is 0 Å². The summed E-state index contributed by atoms with van der Waals surface area (Å²) in [7, 11) is 0. The molecule has 1 aromatic heterocycles. The van der Waals surface area contributed by atoms with Crippen LogP contribution in [0.2, 0.25) is 0 Å². The van der Waals surface area contributed by atoms with Crippen molar-refractivity contribution in [2.75, 3.05) is 6.61 Å². The van der Waals surface area contributed by atoms with Crippen molar-refractivity contribution in [1.82, 2.24) is 9.55 Å². The highest BCUT2D eigenvalue weighted by molar-refractivity contribution is 9.10. The van der Waals surface area contributed by atoms with Crippen molar-refractivity contribution < 1.29 is 4.74 Å². The van der Waals surface area contributed by atoms with Crippen LogP contribution in [-0.2, 0) is 17.3 Å². The van der Waals surface area contributed by atoms with Crippen LogP contribution in [0, 0.1) is 0 Å². The van der Waals surface area contributed by atoms with Crippen LogP contribution in [0.4, 0.5) is 0 Å². The quantitative estimate of drug-likeness (QED) is 0.606. The summed E-state index contributed by atoms with van der Waals surface area (Å²) in [5, 5.41) is 0.